The van der Waals surface area contributed by atoms with E-state index in [9.17, 15) is 0 Å². The van der Waals surface area contributed by atoms with Crippen LogP contribution in [0.1, 0.15) is 71.7 Å². The number of aryl methyl sites for hydroxylation is 1. The number of hydrogen-bond acceptors (Lipinski definition) is 3. The minimum Gasteiger partial charge on any atom is -0.408 e. The van der Waals surface area contributed by atoms with Crippen LogP contribution in [0.4, 0.5) is 0 Å². The fraction of sp³-hybridized carbons (Fsp3) is 0.632. The van der Waals surface area contributed by atoms with Gasteiger partial charge in [0.2, 0.25) is 0 Å². The predicted molar refractivity (Wildman–Crippen MR) is 102 cm³/mol. The molecule has 24 heavy (non-hydrogen) atoms. The summed E-state index contributed by atoms with van der Waals surface area (Å²) < 4.78 is 12.3. The summed E-state index contributed by atoms with van der Waals surface area (Å²) in [6.45, 7) is 15.5. The van der Waals surface area contributed by atoms with E-state index in [0.29, 0.717) is 12.5 Å². The molecular weight excluding hydrogens is 299 g/mol. The van der Waals surface area contributed by atoms with E-state index in [2.05, 4.69) is 63.6 Å². The number of imidazole rings is 1. The van der Waals surface area contributed by atoms with Crippen LogP contribution in [0.2, 0.25) is 0 Å². The number of aromatic amines is 1. The normalized spacial score (nSPS) is 12.3. The maximum absolute atomic E-state index is 6.39. The second-order valence-electron chi connectivity index (χ2n) is 7.06. The Balaban J connectivity index is 2.43. The third-order valence-corrected chi connectivity index (χ3v) is 4.89. The molecular formula is C19H31BN2O2. The highest BCUT2D eigenvalue weighted by Gasteiger charge is 2.32. The summed E-state index contributed by atoms with van der Waals surface area (Å²) in [4.78, 5) is 8.12. The van der Waals surface area contributed by atoms with Crippen LogP contribution < -0.4 is 5.46 Å². The molecule has 0 amide bonds. The highest BCUT2D eigenvalue weighted by Crippen LogP contribution is 2.23. The first-order chi connectivity index (χ1) is 11.3. The molecule has 132 valence electrons. The predicted octanol–water partition coefficient (Wildman–Crippen LogP) is 4.32. The Labute approximate surface area is 146 Å². The van der Waals surface area contributed by atoms with E-state index in [1.54, 1.807) is 0 Å². The van der Waals surface area contributed by atoms with Crippen molar-refractivity contribution in [3.05, 3.63) is 23.5 Å². The molecule has 0 aliphatic rings. The van der Waals surface area contributed by atoms with Gasteiger partial charge in [-0.1, -0.05) is 27.7 Å². The lowest BCUT2D eigenvalue weighted by Gasteiger charge is -2.31. The van der Waals surface area contributed by atoms with Gasteiger partial charge in [0.05, 0.1) is 16.6 Å². The molecule has 5 heteroatoms. The number of benzene rings is 1. The van der Waals surface area contributed by atoms with Gasteiger partial charge in [0.1, 0.15) is 5.82 Å². The van der Waals surface area contributed by atoms with E-state index in [4.69, 9.17) is 9.31 Å². The van der Waals surface area contributed by atoms with Crippen molar-refractivity contribution in [2.24, 2.45) is 0 Å². The summed E-state index contributed by atoms with van der Waals surface area (Å²) in [7, 11) is -0.352. The van der Waals surface area contributed by atoms with E-state index in [1.807, 2.05) is 6.92 Å². The van der Waals surface area contributed by atoms with Crippen LogP contribution in [0.5, 0.6) is 0 Å². The van der Waals surface area contributed by atoms with E-state index >= 15 is 0 Å². The number of nitrogens with one attached hydrogen (secondary N) is 1. The maximum atomic E-state index is 6.39. The maximum Gasteiger partial charge on any atom is 0.494 e. The summed E-state index contributed by atoms with van der Waals surface area (Å²) in [6, 6.07) is 4.26. The average molecular weight is 330 g/mol. The Morgan fingerprint density at radius 3 is 2.42 bits per heavy atom. The third-order valence-electron chi connectivity index (χ3n) is 4.89. The molecule has 0 atom stereocenters. The van der Waals surface area contributed by atoms with Gasteiger partial charge in [-0.25, -0.2) is 4.98 Å². The zero-order chi connectivity index (χ0) is 17.9. The van der Waals surface area contributed by atoms with Gasteiger partial charge in [-0.3, -0.25) is 0 Å². The monoisotopic (exact) mass is 330 g/mol. The molecule has 0 saturated carbocycles. The number of hydrogen-bond donors (Lipinski definition) is 1. The molecule has 0 spiro atoms. The first-order valence-corrected chi connectivity index (χ1v) is 9.13. The van der Waals surface area contributed by atoms with Crippen molar-refractivity contribution in [1.29, 1.82) is 0 Å². The molecule has 2 rings (SSSR count). The zero-order valence-electron chi connectivity index (χ0n) is 16.2. The standard InChI is InChI=1S/C19H31BN2O2/c1-8-19(7,9-2)24-20(23-10-3)15-12-17-16(11-14(15)6)21-18(22-17)13(4)5/h11-13H,8-10H2,1-7H3,(H,21,22). The van der Waals surface area contributed by atoms with Gasteiger partial charge >= 0.3 is 7.12 Å². The van der Waals surface area contributed by atoms with E-state index in [-0.39, 0.29) is 12.7 Å². The Morgan fingerprint density at radius 2 is 1.88 bits per heavy atom. The zero-order valence-corrected chi connectivity index (χ0v) is 16.2. The van der Waals surface area contributed by atoms with Crippen molar-refractivity contribution in [2.75, 3.05) is 6.61 Å². The molecule has 0 aliphatic heterocycles. The average Bonchev–Trinajstić information content (AvgIpc) is 2.96. The Bertz CT molecular complexity index is 677. The lowest BCUT2D eigenvalue weighted by molar-refractivity contribution is 0.0500. The lowest BCUT2D eigenvalue weighted by Crippen LogP contribution is -2.45. The summed E-state index contributed by atoms with van der Waals surface area (Å²) >= 11 is 0. The van der Waals surface area contributed by atoms with Gasteiger partial charge in [0.15, 0.2) is 0 Å². The van der Waals surface area contributed by atoms with E-state index < -0.39 is 0 Å². The Hall–Kier alpha value is -1.33. The van der Waals surface area contributed by atoms with Crippen LogP contribution in [-0.4, -0.2) is 29.3 Å². The molecule has 4 nitrogen and oxygen atoms in total. The number of fused-ring (bicyclic) bond motifs is 1. The molecule has 0 saturated heterocycles. The molecule has 2 aromatic rings. The molecule has 1 aromatic heterocycles. The molecule has 1 heterocycles. The molecule has 0 aliphatic carbocycles. The van der Waals surface area contributed by atoms with Gasteiger partial charge in [-0.05, 0) is 56.8 Å². The number of H-pyrrole nitrogens is 1. The van der Waals surface area contributed by atoms with Gasteiger partial charge in [0, 0.05) is 12.5 Å². The molecule has 0 fully saturated rings. The molecule has 0 unspecified atom stereocenters. The first-order valence-electron chi connectivity index (χ1n) is 9.13. The van der Waals surface area contributed by atoms with Gasteiger partial charge in [-0.15, -0.1) is 0 Å². The van der Waals surface area contributed by atoms with Crippen molar-refractivity contribution in [3.8, 4) is 0 Å². The summed E-state index contributed by atoms with van der Waals surface area (Å²) in [5.74, 6) is 1.39. The third kappa shape index (κ3) is 4.01. The molecule has 0 bridgehead atoms. The second kappa shape index (κ2) is 7.71. The Kier molecular flexibility index (Phi) is 6.10. The fourth-order valence-corrected chi connectivity index (χ4v) is 2.74. The van der Waals surface area contributed by atoms with E-state index in [0.717, 1.165) is 40.7 Å². The smallest absolute Gasteiger partial charge is 0.408 e. The van der Waals surface area contributed by atoms with E-state index in [1.165, 1.54) is 0 Å². The molecule has 1 N–H and O–H groups in total. The van der Waals surface area contributed by atoms with Crippen LogP contribution in [0.15, 0.2) is 12.1 Å². The SMILES string of the molecule is CCOB(OC(C)(CC)CC)c1cc2[nH]c(C(C)C)nc2cc1C. The first kappa shape index (κ1) is 19.0. The van der Waals surface area contributed by atoms with Gasteiger partial charge in [-0.2, -0.15) is 0 Å². The van der Waals surface area contributed by atoms with Crippen LogP contribution >= 0.6 is 0 Å². The van der Waals surface area contributed by atoms with Crippen molar-refractivity contribution in [3.63, 3.8) is 0 Å². The summed E-state index contributed by atoms with van der Waals surface area (Å²) in [5.41, 5.74) is 4.10. The van der Waals surface area contributed by atoms with Crippen molar-refractivity contribution >= 4 is 23.6 Å². The highest BCUT2D eigenvalue weighted by atomic mass is 16.6. The van der Waals surface area contributed by atoms with Crippen molar-refractivity contribution < 1.29 is 9.31 Å². The minimum absolute atomic E-state index is 0.182. The van der Waals surface area contributed by atoms with Gasteiger partial charge < -0.3 is 14.3 Å². The van der Waals surface area contributed by atoms with Crippen LogP contribution in [0, 0.1) is 6.92 Å². The van der Waals surface area contributed by atoms with Crippen LogP contribution in [0.25, 0.3) is 11.0 Å². The topological polar surface area (TPSA) is 47.1 Å². The number of nitrogens with zero attached hydrogens (tertiary/aromatic N) is 1. The van der Waals surface area contributed by atoms with Crippen molar-refractivity contribution in [1.82, 2.24) is 9.97 Å². The molecule has 1 aromatic carbocycles. The largest absolute Gasteiger partial charge is 0.494 e. The van der Waals surface area contributed by atoms with Crippen LogP contribution in [-0.2, 0) is 9.31 Å². The Morgan fingerprint density at radius 1 is 1.21 bits per heavy atom. The number of rotatable bonds is 8. The minimum atomic E-state index is -0.352. The van der Waals surface area contributed by atoms with Gasteiger partial charge in [0.25, 0.3) is 0 Å². The number of aromatic nitrogens is 2. The lowest BCUT2D eigenvalue weighted by atomic mass is 9.74. The summed E-state index contributed by atoms with van der Waals surface area (Å²) in [6.07, 6.45) is 1.91. The van der Waals surface area contributed by atoms with Crippen LogP contribution in [0.3, 0.4) is 0 Å². The second-order valence-corrected chi connectivity index (χ2v) is 7.06. The molecule has 0 radical (unpaired) electrons. The van der Waals surface area contributed by atoms with Crippen molar-refractivity contribution in [2.45, 2.75) is 72.8 Å². The fourth-order valence-electron chi connectivity index (χ4n) is 2.74. The highest BCUT2D eigenvalue weighted by molar-refractivity contribution is 6.62. The summed E-state index contributed by atoms with van der Waals surface area (Å²) in [5, 5.41) is 0. The quantitative estimate of drug-likeness (QED) is 0.733.